The van der Waals surface area contributed by atoms with Crippen LogP contribution >= 0.6 is 0 Å². The lowest BCUT2D eigenvalue weighted by Gasteiger charge is -2.59. The van der Waals surface area contributed by atoms with E-state index in [4.69, 9.17) is 0 Å². The normalized spacial score (nSPS) is 35.2. The summed E-state index contributed by atoms with van der Waals surface area (Å²) in [5.41, 5.74) is 0.134. The minimum Gasteiger partial charge on any atom is -0.335 e. The van der Waals surface area contributed by atoms with Crippen LogP contribution in [0.4, 0.5) is 9.59 Å². The van der Waals surface area contributed by atoms with Gasteiger partial charge in [0, 0.05) is 12.1 Å². The average molecular weight is 426 g/mol. The SMILES string of the molecule is C[C@@H](NC(=O)NC(=O)N(C1CCCCC1)S(C)(=O)=O)C12CC3CC(CC(C3)C1)C2. The number of rotatable bonds is 4. The molecule has 5 fully saturated rings. The smallest absolute Gasteiger partial charge is 0.335 e. The standard InChI is InChI=1S/C21H35N3O4S/c1-14(21-11-15-8-16(12-21)10-17(9-15)13-21)22-19(25)23-20(26)24(29(2,27)28)18-6-4-3-5-7-18/h14-18H,3-13H2,1-2H3,(H2,22,23,25,26)/t14-,15?,16?,17?,21?/m1/s1. The number of nitrogens with one attached hydrogen (secondary N) is 2. The number of carbonyl (C=O) groups is 2. The average Bonchev–Trinajstić information content (AvgIpc) is 2.60. The van der Waals surface area contributed by atoms with Crippen LogP contribution in [0.2, 0.25) is 0 Å². The molecule has 1 atom stereocenters. The van der Waals surface area contributed by atoms with E-state index in [1.165, 1.54) is 19.3 Å². The van der Waals surface area contributed by atoms with Gasteiger partial charge in [-0.05, 0) is 81.5 Å². The fourth-order valence-electron chi connectivity index (χ4n) is 7.15. The van der Waals surface area contributed by atoms with Gasteiger partial charge in [0.05, 0.1) is 6.26 Å². The molecule has 0 heterocycles. The van der Waals surface area contributed by atoms with Gasteiger partial charge >= 0.3 is 12.1 Å². The van der Waals surface area contributed by atoms with Crippen LogP contribution in [0.25, 0.3) is 0 Å². The Hall–Kier alpha value is -1.31. The molecule has 4 amide bonds. The molecule has 8 heteroatoms. The number of sulfonamides is 1. The van der Waals surface area contributed by atoms with E-state index in [1.807, 2.05) is 6.92 Å². The first-order chi connectivity index (χ1) is 13.7. The Morgan fingerprint density at radius 2 is 1.48 bits per heavy atom. The molecular weight excluding hydrogens is 390 g/mol. The first-order valence-corrected chi connectivity index (χ1v) is 13.1. The zero-order valence-electron chi connectivity index (χ0n) is 17.7. The number of carbonyl (C=O) groups excluding carboxylic acids is 2. The van der Waals surface area contributed by atoms with Crippen molar-refractivity contribution in [2.24, 2.45) is 23.2 Å². The number of nitrogens with zero attached hydrogens (tertiary/aromatic N) is 1. The number of hydrogen-bond acceptors (Lipinski definition) is 4. The minimum atomic E-state index is -3.73. The van der Waals surface area contributed by atoms with Crippen molar-refractivity contribution in [3.05, 3.63) is 0 Å². The summed E-state index contributed by atoms with van der Waals surface area (Å²) in [4.78, 5) is 25.3. The fraction of sp³-hybridized carbons (Fsp3) is 0.905. The Morgan fingerprint density at radius 1 is 0.966 bits per heavy atom. The molecule has 7 nitrogen and oxygen atoms in total. The molecule has 5 saturated carbocycles. The molecule has 2 N–H and O–H groups in total. The molecule has 0 aromatic carbocycles. The quantitative estimate of drug-likeness (QED) is 0.719. The Balaban J connectivity index is 1.39. The monoisotopic (exact) mass is 425 g/mol. The highest BCUT2D eigenvalue weighted by molar-refractivity contribution is 7.88. The zero-order valence-corrected chi connectivity index (χ0v) is 18.5. The lowest BCUT2D eigenvalue weighted by Crippen LogP contribution is -2.59. The second-order valence-corrected chi connectivity index (χ2v) is 12.1. The summed E-state index contributed by atoms with van der Waals surface area (Å²) >= 11 is 0. The van der Waals surface area contributed by atoms with Crippen molar-refractivity contribution < 1.29 is 18.0 Å². The van der Waals surface area contributed by atoms with Crippen LogP contribution in [0, 0.1) is 23.2 Å². The summed E-state index contributed by atoms with van der Waals surface area (Å²) in [5, 5.41) is 5.29. The van der Waals surface area contributed by atoms with Crippen molar-refractivity contribution in [2.45, 2.75) is 89.6 Å². The third-order valence-corrected chi connectivity index (χ3v) is 9.21. The first kappa shape index (κ1) is 20.9. The second-order valence-electron chi connectivity index (χ2n) is 10.3. The van der Waals surface area contributed by atoms with Crippen LogP contribution in [0.1, 0.15) is 77.6 Å². The number of imide groups is 1. The van der Waals surface area contributed by atoms with E-state index in [2.05, 4.69) is 10.6 Å². The lowest BCUT2D eigenvalue weighted by molar-refractivity contribution is -0.0681. The molecule has 164 valence electrons. The minimum absolute atomic E-state index is 0.0231. The summed E-state index contributed by atoms with van der Waals surface area (Å²) in [5.74, 6) is 2.34. The highest BCUT2D eigenvalue weighted by atomic mass is 32.2. The highest BCUT2D eigenvalue weighted by Gasteiger charge is 2.53. The molecule has 0 aliphatic heterocycles. The van der Waals surface area contributed by atoms with Crippen molar-refractivity contribution in [1.82, 2.24) is 14.9 Å². The van der Waals surface area contributed by atoms with E-state index in [0.29, 0.717) is 12.8 Å². The van der Waals surface area contributed by atoms with Gasteiger partial charge in [-0.2, -0.15) is 0 Å². The van der Waals surface area contributed by atoms with E-state index in [1.54, 1.807) is 0 Å². The van der Waals surface area contributed by atoms with Crippen molar-refractivity contribution in [1.29, 1.82) is 0 Å². The molecule has 0 radical (unpaired) electrons. The van der Waals surface area contributed by atoms with Gasteiger partial charge in [-0.3, -0.25) is 5.32 Å². The van der Waals surface area contributed by atoms with Gasteiger partial charge in [0.2, 0.25) is 10.0 Å². The zero-order chi connectivity index (χ0) is 20.8. The van der Waals surface area contributed by atoms with Gasteiger partial charge in [0.15, 0.2) is 0 Å². The number of urea groups is 2. The Labute approximate surface area is 174 Å². The van der Waals surface area contributed by atoms with Gasteiger partial charge in [0.25, 0.3) is 0 Å². The van der Waals surface area contributed by atoms with Crippen LogP contribution in [0.3, 0.4) is 0 Å². The molecule has 0 unspecified atom stereocenters. The molecule has 5 aliphatic rings. The molecule has 29 heavy (non-hydrogen) atoms. The third-order valence-electron chi connectivity index (χ3n) is 8.04. The van der Waals surface area contributed by atoms with Crippen molar-refractivity contribution >= 4 is 22.1 Å². The summed E-state index contributed by atoms with van der Waals surface area (Å²) in [7, 11) is -3.73. The van der Waals surface area contributed by atoms with Crippen LogP contribution < -0.4 is 10.6 Å². The van der Waals surface area contributed by atoms with Crippen LogP contribution in [-0.2, 0) is 10.0 Å². The Morgan fingerprint density at radius 3 is 1.97 bits per heavy atom. The number of hydrogen-bond donors (Lipinski definition) is 2. The first-order valence-electron chi connectivity index (χ1n) is 11.3. The second kappa shape index (κ2) is 7.75. The lowest BCUT2D eigenvalue weighted by atomic mass is 9.48. The van der Waals surface area contributed by atoms with E-state index in [-0.39, 0.29) is 17.5 Å². The molecule has 0 aromatic rings. The van der Waals surface area contributed by atoms with Crippen molar-refractivity contribution in [3.8, 4) is 0 Å². The van der Waals surface area contributed by atoms with E-state index in [0.717, 1.165) is 66.8 Å². The maximum Gasteiger partial charge on any atom is 0.339 e. The van der Waals surface area contributed by atoms with Crippen LogP contribution in [0.5, 0.6) is 0 Å². The summed E-state index contributed by atoms with van der Waals surface area (Å²) in [6, 6.07) is -1.78. The fourth-order valence-corrected chi connectivity index (χ4v) is 8.25. The third kappa shape index (κ3) is 4.28. The summed E-state index contributed by atoms with van der Waals surface area (Å²) in [6.45, 7) is 2.05. The van der Waals surface area contributed by atoms with Crippen LogP contribution in [0.15, 0.2) is 0 Å². The van der Waals surface area contributed by atoms with Gasteiger partial charge < -0.3 is 5.32 Å². The summed E-state index contributed by atoms with van der Waals surface area (Å²) in [6.07, 6.45) is 12.7. The predicted molar refractivity (Wildman–Crippen MR) is 111 cm³/mol. The Kier molecular flexibility index (Phi) is 5.59. The molecule has 0 spiro atoms. The van der Waals surface area contributed by atoms with Gasteiger partial charge in [0.1, 0.15) is 0 Å². The van der Waals surface area contributed by atoms with Gasteiger partial charge in [-0.15, -0.1) is 0 Å². The molecule has 5 aliphatic carbocycles. The topological polar surface area (TPSA) is 95.6 Å². The molecule has 0 saturated heterocycles. The molecular formula is C21H35N3O4S. The van der Waals surface area contributed by atoms with E-state index >= 15 is 0 Å². The van der Waals surface area contributed by atoms with Crippen LogP contribution in [-0.4, -0.2) is 43.1 Å². The maximum atomic E-state index is 12.7. The largest absolute Gasteiger partial charge is 0.339 e. The van der Waals surface area contributed by atoms with Crippen molar-refractivity contribution in [2.75, 3.05) is 6.26 Å². The summed E-state index contributed by atoms with van der Waals surface area (Å²) < 4.78 is 25.4. The molecule has 4 bridgehead atoms. The predicted octanol–water partition coefficient (Wildman–Crippen LogP) is 3.60. The maximum absolute atomic E-state index is 12.7. The number of amides is 4. The van der Waals surface area contributed by atoms with Crippen molar-refractivity contribution in [3.63, 3.8) is 0 Å². The Bertz CT molecular complexity index is 725. The van der Waals surface area contributed by atoms with Gasteiger partial charge in [-0.25, -0.2) is 22.3 Å². The van der Waals surface area contributed by atoms with E-state index in [9.17, 15) is 18.0 Å². The highest BCUT2D eigenvalue weighted by Crippen LogP contribution is 2.61. The van der Waals surface area contributed by atoms with E-state index < -0.39 is 22.1 Å². The van der Waals surface area contributed by atoms with Gasteiger partial charge in [-0.1, -0.05) is 19.3 Å². The molecule has 5 rings (SSSR count). The molecule has 0 aromatic heterocycles.